The van der Waals surface area contributed by atoms with Gasteiger partial charge in [-0.15, -0.1) is 0 Å². The van der Waals surface area contributed by atoms with E-state index in [-0.39, 0.29) is 22.8 Å². The molecule has 0 bridgehead atoms. The lowest BCUT2D eigenvalue weighted by atomic mass is 10.1. The normalized spacial score (nSPS) is 12.2. The largest absolute Gasteiger partial charge is 0.386 e. The Morgan fingerprint density at radius 1 is 1.05 bits per heavy atom. The van der Waals surface area contributed by atoms with E-state index in [1.54, 1.807) is 6.07 Å². The number of aliphatic hydroxyl groups is 1. The number of para-hydroxylation sites is 1. The fourth-order valence-electron chi connectivity index (χ4n) is 1.72. The fraction of sp³-hybridized carbons (Fsp3) is 0.143. The predicted octanol–water partition coefficient (Wildman–Crippen LogP) is 3.76. The number of hydrogen-bond donors (Lipinski definition) is 2. The van der Waals surface area contributed by atoms with Crippen molar-refractivity contribution in [3.63, 3.8) is 0 Å². The Balaban J connectivity index is 2.09. The van der Waals surface area contributed by atoms with Gasteiger partial charge in [0.2, 0.25) is 0 Å². The number of aliphatic hydroxyl groups excluding tert-OH is 1. The molecule has 0 aliphatic rings. The lowest BCUT2D eigenvalue weighted by molar-refractivity contribution is 0.186. The van der Waals surface area contributed by atoms with Crippen LogP contribution in [0.5, 0.6) is 0 Å². The van der Waals surface area contributed by atoms with Crippen molar-refractivity contribution >= 4 is 17.3 Å². The molecule has 2 rings (SSSR count). The Bertz CT molecular complexity index is 557. The molecule has 0 aliphatic carbocycles. The number of rotatable bonds is 4. The van der Waals surface area contributed by atoms with Crippen LogP contribution in [0, 0.1) is 11.6 Å². The van der Waals surface area contributed by atoms with Crippen molar-refractivity contribution in [2.45, 2.75) is 6.10 Å². The molecule has 0 saturated heterocycles. The molecule has 2 nitrogen and oxygen atoms in total. The molecule has 0 heterocycles. The Morgan fingerprint density at radius 2 is 1.74 bits per heavy atom. The molecular formula is C14H12ClF2NO. The summed E-state index contributed by atoms with van der Waals surface area (Å²) in [5.74, 6) is -1.02. The molecule has 0 radical (unpaired) electrons. The van der Waals surface area contributed by atoms with Gasteiger partial charge in [0.1, 0.15) is 11.6 Å². The molecule has 0 aromatic heterocycles. The van der Waals surface area contributed by atoms with Crippen LogP contribution in [-0.4, -0.2) is 11.7 Å². The van der Waals surface area contributed by atoms with Gasteiger partial charge in [-0.3, -0.25) is 0 Å². The Kier molecular flexibility index (Phi) is 4.35. The summed E-state index contributed by atoms with van der Waals surface area (Å²) in [7, 11) is 0. The summed E-state index contributed by atoms with van der Waals surface area (Å²) in [4.78, 5) is 0. The third-order valence-corrected chi connectivity index (χ3v) is 3.01. The Labute approximate surface area is 114 Å². The van der Waals surface area contributed by atoms with Gasteiger partial charge in [0.25, 0.3) is 0 Å². The van der Waals surface area contributed by atoms with Crippen LogP contribution in [0.15, 0.2) is 42.5 Å². The van der Waals surface area contributed by atoms with Crippen molar-refractivity contribution in [3.8, 4) is 0 Å². The minimum atomic E-state index is -1.09. The molecule has 2 aromatic rings. The molecule has 1 atom stereocenters. The number of nitrogens with one attached hydrogen (secondary N) is 1. The van der Waals surface area contributed by atoms with Crippen LogP contribution in [0.4, 0.5) is 14.5 Å². The highest BCUT2D eigenvalue weighted by Gasteiger charge is 2.13. The highest BCUT2D eigenvalue weighted by molar-refractivity contribution is 6.33. The van der Waals surface area contributed by atoms with Crippen molar-refractivity contribution in [3.05, 3.63) is 64.7 Å². The van der Waals surface area contributed by atoms with E-state index >= 15 is 0 Å². The predicted molar refractivity (Wildman–Crippen MR) is 71.3 cm³/mol. The first kappa shape index (κ1) is 13.8. The quantitative estimate of drug-likeness (QED) is 0.895. The van der Waals surface area contributed by atoms with Crippen LogP contribution < -0.4 is 5.32 Å². The van der Waals surface area contributed by atoms with Gasteiger partial charge >= 0.3 is 0 Å². The zero-order valence-electron chi connectivity index (χ0n) is 9.91. The average Bonchev–Trinajstić information content (AvgIpc) is 2.38. The summed E-state index contributed by atoms with van der Waals surface area (Å²) in [6.07, 6.45) is -1.09. The molecule has 19 heavy (non-hydrogen) atoms. The average molecular weight is 284 g/mol. The van der Waals surface area contributed by atoms with Gasteiger partial charge in [-0.25, -0.2) is 8.78 Å². The molecular weight excluding hydrogens is 272 g/mol. The van der Waals surface area contributed by atoms with Crippen LogP contribution in [0.25, 0.3) is 0 Å². The molecule has 2 aromatic carbocycles. The van der Waals surface area contributed by atoms with E-state index < -0.39 is 17.7 Å². The first-order valence-corrected chi connectivity index (χ1v) is 6.07. The van der Waals surface area contributed by atoms with E-state index in [0.717, 1.165) is 0 Å². The molecule has 2 N–H and O–H groups in total. The minimum Gasteiger partial charge on any atom is -0.386 e. The minimum absolute atomic E-state index is 0.0401. The summed E-state index contributed by atoms with van der Waals surface area (Å²) < 4.78 is 26.9. The van der Waals surface area contributed by atoms with Crippen molar-refractivity contribution in [1.29, 1.82) is 0 Å². The van der Waals surface area contributed by atoms with E-state index in [4.69, 9.17) is 11.6 Å². The van der Waals surface area contributed by atoms with E-state index in [2.05, 4.69) is 5.32 Å². The second kappa shape index (κ2) is 5.99. The number of hydrogen-bond acceptors (Lipinski definition) is 2. The van der Waals surface area contributed by atoms with Gasteiger partial charge in [-0.1, -0.05) is 35.9 Å². The maximum absolute atomic E-state index is 13.5. The van der Waals surface area contributed by atoms with Gasteiger partial charge in [0.15, 0.2) is 0 Å². The smallest absolute Gasteiger partial charge is 0.147 e. The van der Waals surface area contributed by atoms with Gasteiger partial charge in [-0.2, -0.15) is 0 Å². The lowest BCUT2D eigenvalue weighted by Crippen LogP contribution is -2.14. The molecule has 0 fully saturated rings. The summed E-state index contributed by atoms with van der Waals surface area (Å²) in [5.41, 5.74) is 0.252. The van der Waals surface area contributed by atoms with Crippen LogP contribution in [-0.2, 0) is 0 Å². The summed E-state index contributed by atoms with van der Waals surface area (Å²) in [6, 6.07) is 10.2. The summed E-state index contributed by atoms with van der Waals surface area (Å²) in [6.45, 7) is -0.0401. The third-order valence-electron chi connectivity index (χ3n) is 2.70. The molecule has 1 unspecified atom stereocenters. The number of halogens is 3. The zero-order valence-corrected chi connectivity index (χ0v) is 10.7. The first-order chi connectivity index (χ1) is 9.09. The fourth-order valence-corrected chi connectivity index (χ4v) is 1.95. The van der Waals surface area contributed by atoms with Gasteiger partial charge in [0.05, 0.1) is 16.8 Å². The van der Waals surface area contributed by atoms with Gasteiger partial charge in [0, 0.05) is 12.1 Å². The lowest BCUT2D eigenvalue weighted by Gasteiger charge is -2.15. The maximum Gasteiger partial charge on any atom is 0.147 e. The van der Waals surface area contributed by atoms with Crippen LogP contribution >= 0.6 is 11.6 Å². The monoisotopic (exact) mass is 283 g/mol. The second-order valence-corrected chi connectivity index (χ2v) is 4.42. The standard InChI is InChI=1S/C14H12ClF2NO/c15-10-5-3-7-12(17)14(10)18-8-13(19)9-4-1-2-6-11(9)16/h1-7,13,18-19H,8H2. The third kappa shape index (κ3) is 3.22. The molecule has 0 amide bonds. The highest BCUT2D eigenvalue weighted by atomic mass is 35.5. The van der Waals surface area contributed by atoms with Crippen molar-refractivity contribution < 1.29 is 13.9 Å². The van der Waals surface area contributed by atoms with Crippen molar-refractivity contribution in [2.24, 2.45) is 0 Å². The van der Waals surface area contributed by atoms with Gasteiger partial charge < -0.3 is 10.4 Å². The number of benzene rings is 2. The molecule has 0 aliphatic heterocycles. The Morgan fingerprint density at radius 3 is 2.42 bits per heavy atom. The van der Waals surface area contributed by atoms with Crippen LogP contribution in [0.2, 0.25) is 5.02 Å². The van der Waals surface area contributed by atoms with Crippen LogP contribution in [0.3, 0.4) is 0 Å². The van der Waals surface area contributed by atoms with Crippen LogP contribution in [0.1, 0.15) is 11.7 Å². The molecule has 0 spiro atoms. The van der Waals surface area contributed by atoms with E-state index in [9.17, 15) is 13.9 Å². The molecule has 100 valence electrons. The summed E-state index contributed by atoms with van der Waals surface area (Å²) in [5, 5.41) is 12.8. The molecule has 0 saturated carbocycles. The van der Waals surface area contributed by atoms with Crippen molar-refractivity contribution in [2.75, 3.05) is 11.9 Å². The molecule has 5 heteroatoms. The van der Waals surface area contributed by atoms with E-state index in [1.165, 1.54) is 36.4 Å². The van der Waals surface area contributed by atoms with Crippen molar-refractivity contribution in [1.82, 2.24) is 0 Å². The topological polar surface area (TPSA) is 32.3 Å². The second-order valence-electron chi connectivity index (χ2n) is 4.01. The van der Waals surface area contributed by atoms with Gasteiger partial charge in [-0.05, 0) is 18.2 Å². The zero-order chi connectivity index (χ0) is 13.8. The Hall–Kier alpha value is -1.65. The number of anilines is 1. The maximum atomic E-state index is 13.5. The highest BCUT2D eigenvalue weighted by Crippen LogP contribution is 2.26. The van der Waals surface area contributed by atoms with E-state index in [0.29, 0.717) is 0 Å². The van der Waals surface area contributed by atoms with E-state index in [1.807, 2.05) is 0 Å². The summed E-state index contributed by atoms with van der Waals surface area (Å²) >= 11 is 5.83. The SMILES string of the molecule is OC(CNc1c(F)cccc1Cl)c1ccccc1F. The first-order valence-electron chi connectivity index (χ1n) is 5.70.